The van der Waals surface area contributed by atoms with Gasteiger partial charge < -0.3 is 40.0 Å². The number of benzene rings is 4. The topological polar surface area (TPSA) is 216 Å². The first-order valence-corrected chi connectivity index (χ1v) is 21.0. The van der Waals surface area contributed by atoms with Gasteiger partial charge in [-0.25, -0.2) is 14.8 Å². The Morgan fingerprint density at radius 2 is 1.55 bits per heavy atom. The van der Waals surface area contributed by atoms with Gasteiger partial charge in [-0.3, -0.25) is 19.2 Å². The molecule has 0 bridgehead atoms. The van der Waals surface area contributed by atoms with E-state index in [0.717, 1.165) is 11.1 Å². The van der Waals surface area contributed by atoms with Gasteiger partial charge in [0, 0.05) is 30.3 Å². The number of carbonyl (C=O) groups is 5. The second-order valence-electron chi connectivity index (χ2n) is 16.3. The Kier molecular flexibility index (Phi) is 14.8. The average molecular weight is 901 g/mol. The Hall–Kier alpha value is -8.76. The lowest BCUT2D eigenvalue weighted by atomic mass is 10.1. The fourth-order valence-corrected chi connectivity index (χ4v) is 6.59. The van der Waals surface area contributed by atoms with Gasteiger partial charge in [-0.05, 0) is 113 Å². The van der Waals surface area contributed by atoms with Crippen LogP contribution in [0.2, 0.25) is 0 Å². The molecular formula is C51H48N8O8. The summed E-state index contributed by atoms with van der Waals surface area (Å²) >= 11 is 0. The molecule has 4 amide bonds. The van der Waals surface area contributed by atoms with Crippen LogP contribution in [0.25, 0.3) is 22.4 Å². The number of terminal acetylenes is 1. The van der Waals surface area contributed by atoms with Gasteiger partial charge in [-0.15, -0.1) is 12.3 Å². The highest BCUT2D eigenvalue weighted by atomic mass is 16.6. The second-order valence-corrected chi connectivity index (χ2v) is 16.3. The van der Waals surface area contributed by atoms with Crippen LogP contribution in [0.1, 0.15) is 88.2 Å². The van der Waals surface area contributed by atoms with Gasteiger partial charge in [-0.1, -0.05) is 24.8 Å². The van der Waals surface area contributed by atoms with Crippen LogP contribution >= 0.6 is 0 Å². The van der Waals surface area contributed by atoms with E-state index in [1.165, 1.54) is 48.7 Å². The quantitative estimate of drug-likeness (QED) is 0.0414. The third-order valence-corrected chi connectivity index (χ3v) is 9.70. The third-order valence-electron chi connectivity index (χ3n) is 9.70. The molecule has 0 fully saturated rings. The molecule has 0 aliphatic rings. The lowest BCUT2D eigenvalue weighted by Crippen LogP contribution is -2.43. The van der Waals surface area contributed by atoms with Gasteiger partial charge in [0.2, 0.25) is 5.91 Å². The van der Waals surface area contributed by atoms with Gasteiger partial charge >= 0.3 is 5.97 Å². The summed E-state index contributed by atoms with van der Waals surface area (Å²) in [5.41, 5.74) is 3.54. The van der Waals surface area contributed by atoms with Crippen LogP contribution < -0.4 is 30.7 Å². The second kappa shape index (κ2) is 20.8. The molecule has 6 aromatic rings. The van der Waals surface area contributed by atoms with Gasteiger partial charge in [0.25, 0.3) is 17.7 Å². The van der Waals surface area contributed by atoms with Crippen LogP contribution in [0.3, 0.4) is 0 Å². The van der Waals surface area contributed by atoms with Crippen molar-refractivity contribution in [2.75, 3.05) is 22.6 Å². The first-order valence-electron chi connectivity index (χ1n) is 21.0. The molecule has 0 unspecified atom stereocenters. The molecule has 0 saturated heterocycles. The first kappa shape index (κ1) is 47.7. The molecule has 340 valence electrons. The minimum atomic E-state index is -1.11. The summed E-state index contributed by atoms with van der Waals surface area (Å²) in [6, 6.07) is 25.0. The van der Waals surface area contributed by atoms with Crippen molar-refractivity contribution in [1.29, 1.82) is 5.26 Å². The molecule has 4 aromatic carbocycles. The van der Waals surface area contributed by atoms with E-state index in [9.17, 15) is 29.2 Å². The summed E-state index contributed by atoms with van der Waals surface area (Å²) in [6.45, 7) is 12.6. The number of ether oxygens (including phenoxy) is 3. The van der Waals surface area contributed by atoms with Gasteiger partial charge in [-0.2, -0.15) is 5.26 Å². The van der Waals surface area contributed by atoms with E-state index in [1.807, 2.05) is 17.7 Å². The maximum Gasteiger partial charge on any atom is 0.338 e. The minimum Gasteiger partial charge on any atom is -0.485 e. The molecule has 0 saturated carbocycles. The number of carbonyl (C=O) groups excluding carboxylic acids is 5. The summed E-state index contributed by atoms with van der Waals surface area (Å²) in [4.78, 5) is 75.4. The van der Waals surface area contributed by atoms with Gasteiger partial charge in [0.15, 0.2) is 11.5 Å². The number of aryl methyl sites for hydroxylation is 1. The standard InChI is InChI=1S/C51H48N8O8/c1-9-11-40(58-46(60)33-15-13-32(14-16-33)45-56-41-27-31(28-52)12-25-42(41)59(45)8)49(63)55-36-21-23-39(53-29-36)48(62)57-38-24-22-37(43(65-26-10-2)44(38)66-30(3)4)47(61)54-35-19-17-34(18-20-35)50(64)67-51(5,6)7/h1,10,12-25,27,29-30,40H,2,11,26H2,3-8H3,(H,54,61)(H,55,63)(H,57,62)(H,58,60)/t40-/m0/s1. The summed E-state index contributed by atoms with van der Waals surface area (Å²) < 4.78 is 19.4. The number of aromatic nitrogens is 3. The Morgan fingerprint density at radius 3 is 2.18 bits per heavy atom. The SMILES string of the molecule is C#CC[C@H](NC(=O)c1ccc(-c2nc3cc(C#N)ccc3n2C)cc1)C(=O)Nc1ccc(C(=O)Nc2ccc(C(=O)Nc3ccc(C(=O)OC(C)(C)C)cc3)c(OCC=C)c2OC(C)C)nc1. The fourth-order valence-electron chi connectivity index (χ4n) is 6.59. The van der Waals surface area contributed by atoms with E-state index in [0.29, 0.717) is 28.2 Å². The molecule has 0 aliphatic carbocycles. The Balaban J connectivity index is 1.12. The molecule has 2 heterocycles. The zero-order chi connectivity index (χ0) is 48.4. The van der Waals surface area contributed by atoms with Crippen molar-refractivity contribution in [2.45, 2.75) is 58.8 Å². The Labute approximate surface area is 387 Å². The highest BCUT2D eigenvalue weighted by molar-refractivity contribution is 6.09. The minimum absolute atomic E-state index is 0.00175. The van der Waals surface area contributed by atoms with Crippen molar-refractivity contribution in [1.82, 2.24) is 19.9 Å². The smallest absolute Gasteiger partial charge is 0.338 e. The van der Waals surface area contributed by atoms with Crippen LogP contribution in [0.5, 0.6) is 11.5 Å². The van der Waals surface area contributed by atoms with Crippen molar-refractivity contribution in [3.05, 3.63) is 138 Å². The maximum atomic E-state index is 13.7. The summed E-state index contributed by atoms with van der Waals surface area (Å²) in [5.74, 6) is 0.351. The number of nitriles is 1. The number of amides is 4. The molecule has 67 heavy (non-hydrogen) atoms. The number of anilines is 3. The van der Waals surface area contributed by atoms with Crippen LogP contribution in [-0.2, 0) is 16.6 Å². The third kappa shape index (κ3) is 11.9. The average Bonchev–Trinajstić information content (AvgIpc) is 3.63. The van der Waals surface area contributed by atoms with Crippen LogP contribution in [0, 0.1) is 23.7 Å². The van der Waals surface area contributed by atoms with Gasteiger partial charge in [0.1, 0.15) is 29.8 Å². The normalized spacial score (nSPS) is 11.4. The number of nitrogens with zero attached hydrogens (tertiary/aromatic N) is 4. The fraction of sp³-hybridized carbons (Fsp3) is 0.216. The number of pyridine rings is 1. The summed E-state index contributed by atoms with van der Waals surface area (Å²) in [5, 5.41) is 20.2. The largest absolute Gasteiger partial charge is 0.485 e. The molecule has 0 radical (unpaired) electrons. The predicted octanol–water partition coefficient (Wildman–Crippen LogP) is 8.08. The zero-order valence-electron chi connectivity index (χ0n) is 37.7. The molecular weight excluding hydrogens is 853 g/mol. The highest BCUT2D eigenvalue weighted by Gasteiger charge is 2.26. The van der Waals surface area contributed by atoms with Crippen molar-refractivity contribution in [3.8, 4) is 41.3 Å². The number of hydrogen-bond donors (Lipinski definition) is 4. The zero-order valence-corrected chi connectivity index (χ0v) is 37.7. The predicted molar refractivity (Wildman–Crippen MR) is 254 cm³/mol. The van der Waals surface area contributed by atoms with Crippen LogP contribution in [0.15, 0.2) is 110 Å². The molecule has 16 nitrogen and oxygen atoms in total. The van der Waals surface area contributed by atoms with E-state index in [-0.39, 0.29) is 52.7 Å². The molecule has 1 atom stereocenters. The number of rotatable bonds is 16. The van der Waals surface area contributed by atoms with E-state index < -0.39 is 47.3 Å². The molecule has 0 aliphatic heterocycles. The van der Waals surface area contributed by atoms with Gasteiger partial charge in [0.05, 0.1) is 57.5 Å². The first-order chi connectivity index (χ1) is 32.0. The van der Waals surface area contributed by atoms with Crippen molar-refractivity contribution >= 4 is 57.7 Å². The van der Waals surface area contributed by atoms with Crippen LogP contribution in [-0.4, -0.2) is 68.5 Å². The van der Waals surface area contributed by atoms with E-state index in [4.69, 9.17) is 20.6 Å². The number of esters is 1. The molecule has 4 N–H and O–H groups in total. The molecule has 2 aromatic heterocycles. The van der Waals surface area contributed by atoms with Crippen molar-refractivity contribution < 1.29 is 38.2 Å². The maximum absolute atomic E-state index is 13.7. The number of hydrogen-bond acceptors (Lipinski definition) is 11. The molecule has 6 rings (SSSR count). The van der Waals surface area contributed by atoms with Crippen LogP contribution in [0.4, 0.5) is 17.1 Å². The lowest BCUT2D eigenvalue weighted by molar-refractivity contribution is -0.117. The monoisotopic (exact) mass is 900 g/mol. The van der Waals surface area contributed by atoms with Crippen molar-refractivity contribution in [3.63, 3.8) is 0 Å². The molecule has 0 spiro atoms. The van der Waals surface area contributed by atoms with E-state index in [1.54, 1.807) is 83.1 Å². The number of fused-ring (bicyclic) bond motifs is 1. The van der Waals surface area contributed by atoms with Crippen molar-refractivity contribution in [2.24, 2.45) is 7.05 Å². The summed E-state index contributed by atoms with van der Waals surface area (Å²) in [7, 11) is 1.86. The number of imidazole rings is 1. The Morgan fingerprint density at radius 1 is 0.851 bits per heavy atom. The Bertz CT molecular complexity index is 2940. The lowest BCUT2D eigenvalue weighted by Gasteiger charge is -2.21. The summed E-state index contributed by atoms with van der Waals surface area (Å²) in [6.07, 6.45) is 7.82. The van der Waals surface area contributed by atoms with E-state index in [2.05, 4.69) is 49.8 Å². The molecule has 16 heteroatoms. The number of nitrogens with one attached hydrogen (secondary N) is 4. The highest BCUT2D eigenvalue weighted by Crippen LogP contribution is 2.40. The van der Waals surface area contributed by atoms with E-state index >= 15 is 0 Å².